The van der Waals surface area contributed by atoms with Crippen LogP contribution < -0.4 is 16.0 Å². The number of para-hydroxylation sites is 1. The summed E-state index contributed by atoms with van der Waals surface area (Å²) in [5.74, 6) is -0.190. The van der Waals surface area contributed by atoms with Crippen LogP contribution in [0, 0.1) is 0 Å². The van der Waals surface area contributed by atoms with Crippen LogP contribution in [0.3, 0.4) is 0 Å². The minimum atomic E-state index is -0.477. The molecule has 0 saturated heterocycles. The van der Waals surface area contributed by atoms with Crippen molar-refractivity contribution >= 4 is 23.4 Å². The highest BCUT2D eigenvalue weighted by Gasteiger charge is 2.10. The zero-order chi connectivity index (χ0) is 20.5. The largest absolute Gasteiger partial charge is 0.445 e. The lowest BCUT2D eigenvalue weighted by Crippen LogP contribution is -2.23. The number of ether oxygens (including phenoxy) is 1. The van der Waals surface area contributed by atoms with Gasteiger partial charge in [-0.3, -0.25) is 4.79 Å². The van der Waals surface area contributed by atoms with Crippen molar-refractivity contribution in [1.82, 2.24) is 5.32 Å². The average Bonchev–Trinajstić information content (AvgIpc) is 2.77. The number of amides is 2. The Bertz CT molecular complexity index is 957. The Morgan fingerprint density at radius 1 is 0.828 bits per heavy atom. The molecule has 3 rings (SSSR count). The first-order chi connectivity index (χ1) is 14.2. The van der Waals surface area contributed by atoms with E-state index in [2.05, 4.69) is 16.0 Å². The molecule has 2 amide bonds. The van der Waals surface area contributed by atoms with E-state index < -0.39 is 6.09 Å². The van der Waals surface area contributed by atoms with Gasteiger partial charge in [-0.25, -0.2) is 4.79 Å². The van der Waals surface area contributed by atoms with E-state index in [1.54, 1.807) is 25.2 Å². The molecule has 0 bridgehead atoms. The molecule has 0 aliphatic rings. The van der Waals surface area contributed by atoms with Crippen molar-refractivity contribution in [3.63, 3.8) is 0 Å². The maximum Gasteiger partial charge on any atom is 0.407 e. The predicted octanol–water partition coefficient (Wildman–Crippen LogP) is 4.41. The molecule has 148 valence electrons. The quantitative estimate of drug-likeness (QED) is 0.559. The molecule has 3 aromatic carbocycles. The first kappa shape index (κ1) is 19.9. The van der Waals surface area contributed by atoms with Crippen molar-refractivity contribution in [2.24, 2.45) is 0 Å². The Balaban J connectivity index is 1.48. The van der Waals surface area contributed by atoms with Crippen LogP contribution in [0.5, 0.6) is 0 Å². The smallest absolute Gasteiger partial charge is 0.407 e. The van der Waals surface area contributed by atoms with Gasteiger partial charge in [0.1, 0.15) is 6.61 Å². The van der Waals surface area contributed by atoms with Crippen LogP contribution in [-0.4, -0.2) is 19.0 Å². The van der Waals surface area contributed by atoms with Gasteiger partial charge in [-0.05, 0) is 35.4 Å². The number of benzene rings is 3. The number of hydrogen-bond donors (Lipinski definition) is 3. The van der Waals surface area contributed by atoms with Crippen molar-refractivity contribution in [1.29, 1.82) is 0 Å². The fourth-order valence-electron chi connectivity index (χ4n) is 2.75. The minimum absolute atomic E-state index is 0.190. The second kappa shape index (κ2) is 9.94. The summed E-state index contributed by atoms with van der Waals surface area (Å²) < 4.78 is 5.18. The van der Waals surface area contributed by atoms with Crippen molar-refractivity contribution in [2.75, 3.05) is 17.7 Å². The van der Waals surface area contributed by atoms with Crippen molar-refractivity contribution in [2.45, 2.75) is 13.2 Å². The van der Waals surface area contributed by atoms with Gasteiger partial charge >= 0.3 is 6.09 Å². The van der Waals surface area contributed by atoms with E-state index in [9.17, 15) is 9.59 Å². The summed E-state index contributed by atoms with van der Waals surface area (Å²) >= 11 is 0. The second-order valence-corrected chi connectivity index (χ2v) is 6.36. The number of carbonyl (C=O) groups is 2. The van der Waals surface area contributed by atoms with Crippen LogP contribution in [0.4, 0.5) is 16.2 Å². The summed E-state index contributed by atoms with van der Waals surface area (Å²) in [5.41, 5.74) is 3.84. The van der Waals surface area contributed by atoms with Crippen LogP contribution in [0.25, 0.3) is 0 Å². The van der Waals surface area contributed by atoms with Gasteiger partial charge in [0.15, 0.2) is 0 Å². The molecule has 29 heavy (non-hydrogen) atoms. The Morgan fingerprint density at radius 2 is 1.52 bits per heavy atom. The van der Waals surface area contributed by atoms with E-state index in [4.69, 9.17) is 4.74 Å². The van der Waals surface area contributed by atoms with Gasteiger partial charge in [0, 0.05) is 25.0 Å². The highest BCUT2D eigenvalue weighted by molar-refractivity contribution is 6.08. The van der Waals surface area contributed by atoms with Gasteiger partial charge < -0.3 is 20.7 Å². The van der Waals surface area contributed by atoms with E-state index in [0.717, 1.165) is 16.8 Å². The SMILES string of the molecule is CNc1ccccc1C(=O)Nc1ccc(CNC(=O)OCc2ccccc2)cc1. The molecule has 0 heterocycles. The summed E-state index contributed by atoms with van der Waals surface area (Å²) in [6, 6.07) is 24.1. The maximum absolute atomic E-state index is 12.5. The molecule has 0 aliphatic carbocycles. The Labute approximate surface area is 169 Å². The molecule has 3 N–H and O–H groups in total. The summed E-state index contributed by atoms with van der Waals surface area (Å²) in [5, 5.41) is 8.59. The van der Waals surface area contributed by atoms with Crippen LogP contribution in [0.15, 0.2) is 78.9 Å². The molecule has 0 aromatic heterocycles. The minimum Gasteiger partial charge on any atom is -0.445 e. The normalized spacial score (nSPS) is 10.1. The summed E-state index contributed by atoms with van der Waals surface area (Å²) in [7, 11) is 1.78. The highest BCUT2D eigenvalue weighted by atomic mass is 16.5. The third-order valence-corrected chi connectivity index (χ3v) is 4.30. The molecule has 0 spiro atoms. The number of nitrogens with one attached hydrogen (secondary N) is 3. The van der Waals surface area contributed by atoms with E-state index in [-0.39, 0.29) is 12.5 Å². The summed E-state index contributed by atoms with van der Waals surface area (Å²) in [4.78, 5) is 24.3. The molecule has 0 saturated carbocycles. The monoisotopic (exact) mass is 389 g/mol. The summed E-state index contributed by atoms with van der Waals surface area (Å²) in [6.45, 7) is 0.566. The van der Waals surface area contributed by atoms with E-state index in [0.29, 0.717) is 17.8 Å². The standard InChI is InChI=1S/C23H23N3O3/c1-24-21-10-6-5-9-20(21)22(27)26-19-13-11-17(12-14-19)15-25-23(28)29-16-18-7-3-2-4-8-18/h2-14,24H,15-16H2,1H3,(H,25,28)(H,26,27). The lowest BCUT2D eigenvalue weighted by molar-refractivity contribution is 0.102. The molecule has 0 fully saturated rings. The molecular formula is C23H23N3O3. The van der Waals surface area contributed by atoms with Gasteiger partial charge in [0.25, 0.3) is 5.91 Å². The van der Waals surface area contributed by atoms with E-state index >= 15 is 0 Å². The molecule has 6 heteroatoms. The van der Waals surface area contributed by atoms with E-state index in [1.807, 2.05) is 60.7 Å². The van der Waals surface area contributed by atoms with Crippen molar-refractivity contribution < 1.29 is 14.3 Å². The molecule has 0 aliphatic heterocycles. The number of alkyl carbamates (subject to hydrolysis) is 1. The fourth-order valence-corrected chi connectivity index (χ4v) is 2.75. The average molecular weight is 389 g/mol. The number of rotatable bonds is 7. The van der Waals surface area contributed by atoms with Gasteiger partial charge in [0.2, 0.25) is 0 Å². The Morgan fingerprint density at radius 3 is 2.24 bits per heavy atom. The van der Waals surface area contributed by atoms with Crippen molar-refractivity contribution in [3.8, 4) is 0 Å². The molecule has 0 atom stereocenters. The molecule has 3 aromatic rings. The van der Waals surface area contributed by atoms with Crippen LogP contribution >= 0.6 is 0 Å². The summed E-state index contributed by atoms with van der Waals surface area (Å²) in [6.07, 6.45) is -0.477. The first-order valence-corrected chi connectivity index (χ1v) is 9.27. The number of hydrogen-bond acceptors (Lipinski definition) is 4. The van der Waals surface area contributed by atoms with Crippen LogP contribution in [-0.2, 0) is 17.9 Å². The van der Waals surface area contributed by atoms with Crippen LogP contribution in [0.1, 0.15) is 21.5 Å². The first-order valence-electron chi connectivity index (χ1n) is 9.27. The topological polar surface area (TPSA) is 79.5 Å². The lowest BCUT2D eigenvalue weighted by Gasteiger charge is -2.10. The third-order valence-electron chi connectivity index (χ3n) is 4.30. The second-order valence-electron chi connectivity index (χ2n) is 6.36. The van der Waals surface area contributed by atoms with Crippen LogP contribution in [0.2, 0.25) is 0 Å². The van der Waals surface area contributed by atoms with Gasteiger partial charge in [-0.1, -0.05) is 54.6 Å². The zero-order valence-corrected chi connectivity index (χ0v) is 16.1. The third kappa shape index (κ3) is 5.84. The Hall–Kier alpha value is -3.80. The van der Waals surface area contributed by atoms with Gasteiger partial charge in [-0.15, -0.1) is 0 Å². The Kier molecular flexibility index (Phi) is 6.84. The highest BCUT2D eigenvalue weighted by Crippen LogP contribution is 2.17. The molecule has 0 unspecified atom stereocenters. The number of carbonyl (C=O) groups excluding carboxylic acids is 2. The predicted molar refractivity (Wildman–Crippen MR) is 114 cm³/mol. The lowest BCUT2D eigenvalue weighted by atomic mass is 10.1. The maximum atomic E-state index is 12.5. The fraction of sp³-hybridized carbons (Fsp3) is 0.130. The molecular weight excluding hydrogens is 366 g/mol. The zero-order valence-electron chi connectivity index (χ0n) is 16.1. The van der Waals surface area contributed by atoms with Crippen molar-refractivity contribution in [3.05, 3.63) is 95.6 Å². The van der Waals surface area contributed by atoms with Gasteiger partial charge in [-0.2, -0.15) is 0 Å². The molecule has 6 nitrogen and oxygen atoms in total. The number of anilines is 2. The van der Waals surface area contributed by atoms with Gasteiger partial charge in [0.05, 0.1) is 5.56 Å². The van der Waals surface area contributed by atoms with E-state index in [1.165, 1.54) is 0 Å². The molecule has 0 radical (unpaired) electrons.